The molecule has 162 valence electrons. The van der Waals surface area contributed by atoms with E-state index >= 15 is 0 Å². The summed E-state index contributed by atoms with van der Waals surface area (Å²) < 4.78 is 0. The first kappa shape index (κ1) is 25.5. The van der Waals surface area contributed by atoms with Crippen molar-refractivity contribution >= 4 is 8.80 Å². The monoisotopic (exact) mass is 402 g/mol. The van der Waals surface area contributed by atoms with Crippen molar-refractivity contribution in [1.29, 1.82) is 0 Å². The molecule has 0 aromatic heterocycles. The lowest BCUT2D eigenvalue weighted by Gasteiger charge is -2.21. The van der Waals surface area contributed by atoms with Crippen LogP contribution in [0.1, 0.15) is 117 Å². The number of hydrogen-bond donors (Lipinski definition) is 0. The van der Waals surface area contributed by atoms with Gasteiger partial charge in [-0.2, -0.15) is 0 Å². The van der Waals surface area contributed by atoms with Gasteiger partial charge in [-0.1, -0.05) is 158 Å². The minimum absolute atomic E-state index is 0.835. The Morgan fingerprint density at radius 1 is 0.857 bits per heavy atom. The summed E-state index contributed by atoms with van der Waals surface area (Å²) in [5.41, 5.74) is 0. The van der Waals surface area contributed by atoms with E-state index in [1.165, 1.54) is 108 Å². The maximum atomic E-state index is 4.17. The average Bonchev–Trinajstić information content (AvgIpc) is 2.73. The van der Waals surface area contributed by atoms with Gasteiger partial charge in [0.2, 0.25) is 0 Å². The van der Waals surface area contributed by atoms with E-state index in [-0.39, 0.29) is 0 Å². The molecule has 0 radical (unpaired) electrons. The zero-order chi connectivity index (χ0) is 20.3. The first-order chi connectivity index (χ1) is 13.8. The molecule has 0 nitrogen and oxygen atoms in total. The minimum atomic E-state index is -0.835. The van der Waals surface area contributed by atoms with Gasteiger partial charge in [-0.25, -0.2) is 0 Å². The normalized spacial score (nSPS) is 17.3. The smallest absolute Gasteiger partial charge is 0.0708 e. The van der Waals surface area contributed by atoms with Crippen LogP contribution >= 0.6 is 0 Å². The lowest BCUT2D eigenvalue weighted by Crippen LogP contribution is -2.15. The Bertz CT molecular complexity index is 414. The lowest BCUT2D eigenvalue weighted by molar-refractivity contribution is 0.329. The van der Waals surface area contributed by atoms with E-state index in [9.17, 15) is 0 Å². The highest BCUT2D eigenvalue weighted by molar-refractivity contribution is 6.67. The summed E-state index contributed by atoms with van der Waals surface area (Å²) in [4.78, 5) is 0. The van der Waals surface area contributed by atoms with Crippen LogP contribution in [-0.2, 0) is 0 Å². The van der Waals surface area contributed by atoms with Crippen LogP contribution in [0.25, 0.3) is 0 Å². The summed E-state index contributed by atoms with van der Waals surface area (Å²) in [7, 11) is -0.835. The van der Waals surface area contributed by atoms with Gasteiger partial charge in [0.25, 0.3) is 0 Å². The van der Waals surface area contributed by atoms with E-state index in [0.29, 0.717) is 0 Å². The third-order valence-electron chi connectivity index (χ3n) is 6.66. The molecule has 0 saturated heterocycles. The first-order valence-electron chi connectivity index (χ1n) is 12.8. The van der Waals surface area contributed by atoms with Crippen molar-refractivity contribution in [3.8, 4) is 0 Å². The molecule has 0 aromatic rings. The number of unbranched alkanes of at least 4 members (excludes halogenated alkanes) is 7. The van der Waals surface area contributed by atoms with Gasteiger partial charge < -0.3 is 0 Å². The van der Waals surface area contributed by atoms with Gasteiger partial charge in [0.15, 0.2) is 0 Å². The lowest BCUT2D eigenvalue weighted by atomic mass is 9.86. The molecule has 0 N–H and O–H groups in total. The number of hydrogen-bond acceptors (Lipinski definition) is 0. The second kappa shape index (κ2) is 18.5. The molecule has 0 heterocycles. The van der Waals surface area contributed by atoms with Crippen molar-refractivity contribution in [1.82, 2.24) is 0 Å². The maximum absolute atomic E-state index is 4.17. The summed E-state index contributed by atoms with van der Waals surface area (Å²) in [6.45, 7) is 8.69. The SMILES string of the molecule is C=CC(=CC=CCC)[SiH](CCCCCCCC)CCCCCC1CCCCC1. The molecule has 1 fully saturated rings. The molecule has 1 aliphatic rings. The molecule has 0 amide bonds. The molecule has 0 aromatic carbocycles. The fourth-order valence-corrected chi connectivity index (χ4v) is 8.05. The molecular formula is C27H50Si. The Hall–Kier alpha value is -0.563. The summed E-state index contributed by atoms with van der Waals surface area (Å²) >= 11 is 0. The molecule has 1 heteroatoms. The molecular weight excluding hydrogens is 352 g/mol. The third-order valence-corrected chi connectivity index (χ3v) is 10.2. The highest BCUT2D eigenvalue weighted by atomic mass is 28.3. The summed E-state index contributed by atoms with van der Waals surface area (Å²) in [5, 5.41) is 1.62. The van der Waals surface area contributed by atoms with E-state index in [2.05, 4.69) is 44.7 Å². The van der Waals surface area contributed by atoms with E-state index in [1.54, 1.807) is 5.20 Å². The van der Waals surface area contributed by atoms with Crippen molar-refractivity contribution in [2.75, 3.05) is 0 Å². The van der Waals surface area contributed by atoms with E-state index < -0.39 is 8.80 Å². The topological polar surface area (TPSA) is 0 Å². The van der Waals surface area contributed by atoms with Crippen LogP contribution in [0.2, 0.25) is 12.1 Å². The van der Waals surface area contributed by atoms with Gasteiger partial charge in [-0.15, -0.1) is 0 Å². The fraction of sp³-hybridized carbons (Fsp3) is 0.778. The molecule has 1 saturated carbocycles. The molecule has 28 heavy (non-hydrogen) atoms. The van der Waals surface area contributed by atoms with E-state index in [0.717, 1.165) is 12.3 Å². The van der Waals surface area contributed by atoms with Crippen LogP contribution in [0.15, 0.2) is 36.1 Å². The second-order valence-electron chi connectivity index (χ2n) is 9.10. The fourth-order valence-electron chi connectivity index (χ4n) is 4.81. The van der Waals surface area contributed by atoms with E-state index in [1.807, 2.05) is 0 Å². The van der Waals surface area contributed by atoms with Gasteiger partial charge >= 0.3 is 0 Å². The number of allylic oxidation sites excluding steroid dienone is 5. The van der Waals surface area contributed by atoms with Gasteiger partial charge in [-0.05, 0) is 12.3 Å². The summed E-state index contributed by atoms with van der Waals surface area (Å²) in [5.74, 6) is 1.06. The van der Waals surface area contributed by atoms with Crippen molar-refractivity contribution in [3.05, 3.63) is 36.1 Å². The largest absolute Gasteiger partial charge is 0.0992 e. The zero-order valence-corrected chi connectivity index (χ0v) is 20.6. The summed E-state index contributed by atoms with van der Waals surface area (Å²) in [6.07, 6.45) is 32.3. The van der Waals surface area contributed by atoms with Crippen LogP contribution in [0, 0.1) is 5.92 Å². The van der Waals surface area contributed by atoms with Crippen LogP contribution in [-0.4, -0.2) is 8.80 Å². The molecule has 1 aliphatic carbocycles. The predicted molar refractivity (Wildman–Crippen MR) is 133 cm³/mol. The maximum Gasteiger partial charge on any atom is 0.0708 e. The van der Waals surface area contributed by atoms with Crippen LogP contribution in [0.3, 0.4) is 0 Å². The Morgan fingerprint density at radius 2 is 1.50 bits per heavy atom. The highest BCUT2D eigenvalue weighted by Crippen LogP contribution is 2.28. The molecule has 0 spiro atoms. The number of rotatable bonds is 17. The Kier molecular flexibility index (Phi) is 16.8. The Balaban J connectivity index is 2.36. The molecule has 1 atom stereocenters. The zero-order valence-electron chi connectivity index (χ0n) is 19.4. The molecule has 1 unspecified atom stereocenters. The molecule has 1 rings (SSSR count). The van der Waals surface area contributed by atoms with Crippen molar-refractivity contribution in [2.45, 2.75) is 129 Å². The second-order valence-corrected chi connectivity index (χ2v) is 12.3. The highest BCUT2D eigenvalue weighted by Gasteiger charge is 2.15. The average molecular weight is 403 g/mol. The molecule has 0 aliphatic heterocycles. The summed E-state index contributed by atoms with van der Waals surface area (Å²) in [6, 6.07) is 2.99. The quantitative estimate of drug-likeness (QED) is 0.129. The van der Waals surface area contributed by atoms with Gasteiger partial charge in [0.05, 0.1) is 8.80 Å². The predicted octanol–water partition coefficient (Wildman–Crippen LogP) is 9.33. The Labute approximate surface area is 179 Å². The van der Waals surface area contributed by atoms with Crippen LogP contribution in [0.4, 0.5) is 0 Å². The van der Waals surface area contributed by atoms with Gasteiger partial charge in [-0.3, -0.25) is 0 Å². The van der Waals surface area contributed by atoms with Crippen LogP contribution in [0.5, 0.6) is 0 Å². The van der Waals surface area contributed by atoms with Crippen LogP contribution < -0.4 is 0 Å². The van der Waals surface area contributed by atoms with Crippen molar-refractivity contribution in [3.63, 3.8) is 0 Å². The van der Waals surface area contributed by atoms with Gasteiger partial charge in [0, 0.05) is 0 Å². The first-order valence-corrected chi connectivity index (χ1v) is 15.0. The minimum Gasteiger partial charge on any atom is -0.0992 e. The standard InChI is InChI=1S/C27H50Si/c1-4-7-9-10-11-18-24-28(27(6-3)23-14-8-5-2)25-19-13-17-22-26-20-15-12-16-21-26/h6,8,14,23,26,28H,3-5,7,9-13,15-22,24-25H2,1-2H3. The third kappa shape index (κ3) is 12.8. The van der Waals surface area contributed by atoms with E-state index in [4.69, 9.17) is 0 Å². The van der Waals surface area contributed by atoms with Gasteiger partial charge in [0.1, 0.15) is 0 Å². The Morgan fingerprint density at radius 3 is 2.14 bits per heavy atom. The molecule has 0 bridgehead atoms. The van der Waals surface area contributed by atoms with Crippen molar-refractivity contribution in [2.24, 2.45) is 5.92 Å². The van der Waals surface area contributed by atoms with Crippen molar-refractivity contribution < 1.29 is 0 Å².